The highest BCUT2D eigenvalue weighted by Crippen LogP contribution is 2.17. The van der Waals surface area contributed by atoms with E-state index in [1.807, 2.05) is 17.5 Å². The molecule has 2 rings (SSSR count). The summed E-state index contributed by atoms with van der Waals surface area (Å²) in [6, 6.07) is 0.646. The molecule has 1 atom stereocenters. The van der Waals surface area contributed by atoms with Crippen LogP contribution in [-0.4, -0.2) is 35.6 Å². The number of hydrogen-bond acceptors (Lipinski definition) is 4. The molecule has 1 fully saturated rings. The number of rotatable bonds is 5. The Morgan fingerprint density at radius 1 is 1.53 bits per heavy atom. The van der Waals surface area contributed by atoms with Gasteiger partial charge in [0.2, 0.25) is 0 Å². The fraction of sp³-hybridized carbons (Fsp3) is 0.800. The molecule has 0 aromatic carbocycles. The van der Waals surface area contributed by atoms with Gasteiger partial charge >= 0.3 is 0 Å². The van der Waals surface area contributed by atoms with Crippen LogP contribution in [0.1, 0.15) is 43.5 Å². The Balaban J connectivity index is 1.90. The van der Waals surface area contributed by atoms with Gasteiger partial charge in [-0.15, -0.1) is 11.3 Å². The van der Waals surface area contributed by atoms with E-state index in [0.29, 0.717) is 6.04 Å². The van der Waals surface area contributed by atoms with Gasteiger partial charge < -0.3 is 5.32 Å². The van der Waals surface area contributed by atoms with Gasteiger partial charge in [-0.25, -0.2) is 4.98 Å². The number of nitrogens with one attached hydrogen (secondary N) is 1. The highest BCUT2D eigenvalue weighted by molar-refractivity contribution is 7.11. The maximum atomic E-state index is 4.55. The average Bonchev–Trinajstić information content (AvgIpc) is 2.70. The molecule has 1 aromatic rings. The summed E-state index contributed by atoms with van der Waals surface area (Å²) in [5.74, 6) is 0.768. The van der Waals surface area contributed by atoms with Gasteiger partial charge in [-0.05, 0) is 38.3 Å². The van der Waals surface area contributed by atoms with Crippen molar-refractivity contribution in [2.24, 2.45) is 5.92 Å². The zero-order valence-electron chi connectivity index (χ0n) is 12.5. The van der Waals surface area contributed by atoms with Crippen molar-refractivity contribution < 1.29 is 0 Å². The van der Waals surface area contributed by atoms with Crippen molar-refractivity contribution in [3.63, 3.8) is 0 Å². The Morgan fingerprint density at radius 3 is 3.05 bits per heavy atom. The molecule has 4 heteroatoms. The second kappa shape index (κ2) is 7.36. The number of aromatic nitrogens is 1. The van der Waals surface area contributed by atoms with Crippen LogP contribution in [0.3, 0.4) is 0 Å². The summed E-state index contributed by atoms with van der Waals surface area (Å²) in [5.41, 5.74) is 0. The summed E-state index contributed by atoms with van der Waals surface area (Å²) in [5, 5.41) is 4.97. The van der Waals surface area contributed by atoms with Crippen molar-refractivity contribution >= 4 is 11.3 Å². The van der Waals surface area contributed by atoms with Gasteiger partial charge in [-0.3, -0.25) is 4.90 Å². The molecule has 1 aromatic heterocycles. The Morgan fingerprint density at radius 2 is 2.37 bits per heavy atom. The van der Waals surface area contributed by atoms with E-state index >= 15 is 0 Å². The highest BCUT2D eigenvalue weighted by Gasteiger charge is 2.19. The van der Waals surface area contributed by atoms with E-state index in [1.54, 1.807) is 0 Å². The Kier molecular flexibility index (Phi) is 5.79. The molecule has 3 nitrogen and oxygen atoms in total. The largest absolute Gasteiger partial charge is 0.313 e. The molecule has 1 unspecified atom stereocenters. The summed E-state index contributed by atoms with van der Waals surface area (Å²) in [7, 11) is 0. The van der Waals surface area contributed by atoms with Gasteiger partial charge in [-0.1, -0.05) is 20.8 Å². The van der Waals surface area contributed by atoms with Gasteiger partial charge in [0.05, 0.1) is 6.54 Å². The molecular weight excluding hydrogens is 254 g/mol. The second-order valence-electron chi connectivity index (χ2n) is 5.94. The predicted molar refractivity (Wildman–Crippen MR) is 82.6 cm³/mol. The van der Waals surface area contributed by atoms with E-state index < -0.39 is 0 Å². The van der Waals surface area contributed by atoms with Crippen molar-refractivity contribution in [3.05, 3.63) is 16.1 Å². The highest BCUT2D eigenvalue weighted by atomic mass is 32.1. The first kappa shape index (κ1) is 14.9. The van der Waals surface area contributed by atoms with Crippen molar-refractivity contribution in [2.45, 2.75) is 52.6 Å². The summed E-state index contributed by atoms with van der Waals surface area (Å²) >= 11 is 1.88. The van der Waals surface area contributed by atoms with Crippen LogP contribution in [0.5, 0.6) is 0 Å². The molecule has 1 N–H and O–H groups in total. The summed E-state index contributed by atoms with van der Waals surface area (Å²) in [4.78, 5) is 8.53. The van der Waals surface area contributed by atoms with Gasteiger partial charge in [-0.2, -0.15) is 0 Å². The molecule has 108 valence electrons. The van der Waals surface area contributed by atoms with Crippen LogP contribution in [0.4, 0.5) is 0 Å². The molecule has 0 saturated carbocycles. The molecule has 0 spiro atoms. The minimum absolute atomic E-state index is 0.646. The maximum Gasteiger partial charge on any atom is 0.107 e. The summed E-state index contributed by atoms with van der Waals surface area (Å²) < 4.78 is 0. The third-order valence-electron chi connectivity index (χ3n) is 3.63. The van der Waals surface area contributed by atoms with Crippen LogP contribution in [0.2, 0.25) is 0 Å². The third kappa shape index (κ3) is 4.86. The topological polar surface area (TPSA) is 28.2 Å². The average molecular weight is 281 g/mol. The molecule has 0 bridgehead atoms. The SMILES string of the molecule is CCc1cnc(CN2CCCNC(CC(C)C)C2)s1. The second-order valence-corrected chi connectivity index (χ2v) is 7.14. The minimum atomic E-state index is 0.646. The van der Waals surface area contributed by atoms with E-state index in [4.69, 9.17) is 0 Å². The quantitative estimate of drug-likeness (QED) is 0.899. The Labute approximate surface area is 121 Å². The smallest absolute Gasteiger partial charge is 0.107 e. The minimum Gasteiger partial charge on any atom is -0.313 e. The van der Waals surface area contributed by atoms with E-state index in [-0.39, 0.29) is 0 Å². The molecule has 2 heterocycles. The van der Waals surface area contributed by atoms with Crippen molar-refractivity contribution in [3.8, 4) is 0 Å². The number of aryl methyl sites for hydroxylation is 1. The fourth-order valence-electron chi connectivity index (χ4n) is 2.72. The molecule has 1 aliphatic heterocycles. The van der Waals surface area contributed by atoms with Crippen LogP contribution >= 0.6 is 11.3 Å². The van der Waals surface area contributed by atoms with E-state index in [1.165, 1.54) is 35.8 Å². The lowest BCUT2D eigenvalue weighted by Crippen LogP contribution is -2.38. The maximum absolute atomic E-state index is 4.55. The molecule has 1 aliphatic rings. The lowest BCUT2D eigenvalue weighted by Gasteiger charge is -2.24. The Bertz CT molecular complexity index is 375. The first-order valence-corrected chi connectivity index (χ1v) is 8.38. The van der Waals surface area contributed by atoms with Crippen LogP contribution < -0.4 is 5.32 Å². The first-order chi connectivity index (χ1) is 9.17. The molecule has 19 heavy (non-hydrogen) atoms. The first-order valence-electron chi connectivity index (χ1n) is 7.56. The number of hydrogen-bond donors (Lipinski definition) is 1. The van der Waals surface area contributed by atoms with E-state index in [9.17, 15) is 0 Å². The van der Waals surface area contributed by atoms with Crippen LogP contribution in [0.15, 0.2) is 6.20 Å². The van der Waals surface area contributed by atoms with Crippen LogP contribution in [0.25, 0.3) is 0 Å². The molecule has 0 aliphatic carbocycles. The van der Waals surface area contributed by atoms with Gasteiger partial charge in [0.1, 0.15) is 5.01 Å². The van der Waals surface area contributed by atoms with Gasteiger partial charge in [0.25, 0.3) is 0 Å². The van der Waals surface area contributed by atoms with Crippen molar-refractivity contribution in [2.75, 3.05) is 19.6 Å². The lowest BCUT2D eigenvalue weighted by molar-refractivity contribution is 0.247. The van der Waals surface area contributed by atoms with Crippen molar-refractivity contribution in [1.82, 2.24) is 15.2 Å². The van der Waals surface area contributed by atoms with E-state index in [0.717, 1.165) is 25.4 Å². The van der Waals surface area contributed by atoms with Crippen LogP contribution in [0, 0.1) is 5.92 Å². The normalized spacial score (nSPS) is 21.8. The number of thiazole rings is 1. The van der Waals surface area contributed by atoms with Gasteiger partial charge in [0.15, 0.2) is 0 Å². The van der Waals surface area contributed by atoms with E-state index in [2.05, 4.69) is 36.0 Å². The summed E-state index contributed by atoms with van der Waals surface area (Å²) in [6.45, 7) is 11.4. The fourth-order valence-corrected chi connectivity index (χ4v) is 3.63. The number of nitrogens with zero attached hydrogens (tertiary/aromatic N) is 2. The van der Waals surface area contributed by atoms with Gasteiger partial charge in [0, 0.05) is 23.7 Å². The molecular formula is C15H27N3S. The van der Waals surface area contributed by atoms with Crippen molar-refractivity contribution in [1.29, 1.82) is 0 Å². The zero-order valence-corrected chi connectivity index (χ0v) is 13.3. The third-order valence-corrected chi connectivity index (χ3v) is 4.75. The Hall–Kier alpha value is -0.450. The lowest BCUT2D eigenvalue weighted by atomic mass is 10.0. The monoisotopic (exact) mass is 281 g/mol. The molecule has 0 radical (unpaired) electrons. The van der Waals surface area contributed by atoms with Crippen LogP contribution in [-0.2, 0) is 13.0 Å². The zero-order chi connectivity index (χ0) is 13.7. The molecule has 0 amide bonds. The molecule has 1 saturated heterocycles. The standard InChI is InChI=1S/C15H27N3S/c1-4-14-9-17-15(19-14)11-18-7-5-6-16-13(10-18)8-12(2)3/h9,12-13,16H,4-8,10-11H2,1-3H3. The summed E-state index contributed by atoms with van der Waals surface area (Å²) in [6.07, 6.45) is 5.67. The predicted octanol–water partition coefficient (Wildman–Crippen LogP) is 2.92.